The highest BCUT2D eigenvalue weighted by Crippen LogP contribution is 2.22. The number of halogens is 1. The molecule has 0 saturated carbocycles. The number of aryl methyl sites for hydroxylation is 1. The van der Waals surface area contributed by atoms with Crippen molar-refractivity contribution in [2.24, 2.45) is 0 Å². The quantitative estimate of drug-likeness (QED) is 0.815. The molecular weight excluding hydrogens is 324 g/mol. The zero-order valence-corrected chi connectivity index (χ0v) is 13.3. The third-order valence-corrected chi connectivity index (χ3v) is 3.76. The molecule has 8 heteroatoms. The smallest absolute Gasteiger partial charge is 0.230 e. The van der Waals surface area contributed by atoms with Gasteiger partial charge in [-0.1, -0.05) is 28.9 Å². The fourth-order valence-corrected chi connectivity index (χ4v) is 2.36. The molecular formula is C14H13ClN4O2S. The lowest BCUT2D eigenvalue weighted by Gasteiger charge is -2.15. The molecule has 0 aliphatic carbocycles. The Kier molecular flexibility index (Phi) is 5.81. The first-order valence-electron chi connectivity index (χ1n) is 6.40. The number of carbonyl (C=O) groups excluding carboxylic acids is 1. The lowest BCUT2D eigenvalue weighted by atomic mass is 10.1. The van der Waals surface area contributed by atoms with E-state index < -0.39 is 6.04 Å². The van der Waals surface area contributed by atoms with Crippen LogP contribution in [0.15, 0.2) is 28.8 Å². The molecule has 1 heterocycles. The predicted molar refractivity (Wildman–Crippen MR) is 83.4 cm³/mol. The van der Waals surface area contributed by atoms with Gasteiger partial charge in [-0.25, -0.2) is 0 Å². The van der Waals surface area contributed by atoms with E-state index in [9.17, 15) is 4.79 Å². The lowest BCUT2D eigenvalue weighted by Crippen LogP contribution is -2.31. The molecule has 6 nitrogen and oxygen atoms in total. The van der Waals surface area contributed by atoms with Crippen LogP contribution in [-0.2, 0) is 4.79 Å². The van der Waals surface area contributed by atoms with Crippen molar-refractivity contribution in [2.75, 3.05) is 11.5 Å². The summed E-state index contributed by atoms with van der Waals surface area (Å²) in [5.74, 6) is 1.04. The first kappa shape index (κ1) is 16.3. The van der Waals surface area contributed by atoms with Gasteiger partial charge in [0.05, 0.1) is 17.6 Å². The van der Waals surface area contributed by atoms with E-state index in [2.05, 4.69) is 15.5 Å². The Morgan fingerprint density at radius 2 is 2.23 bits per heavy atom. The van der Waals surface area contributed by atoms with Crippen LogP contribution in [0, 0.1) is 18.3 Å². The van der Waals surface area contributed by atoms with Crippen LogP contribution in [0.25, 0.3) is 0 Å². The van der Waals surface area contributed by atoms with Crippen LogP contribution >= 0.6 is 23.4 Å². The minimum Gasteiger partial charge on any atom is -0.341 e. The van der Waals surface area contributed by atoms with Crippen molar-refractivity contribution in [2.45, 2.75) is 13.0 Å². The van der Waals surface area contributed by atoms with E-state index in [1.165, 1.54) is 11.8 Å². The molecule has 1 aromatic heterocycles. The Morgan fingerprint density at radius 1 is 1.50 bits per heavy atom. The predicted octanol–water partition coefficient (Wildman–Crippen LogP) is 2.49. The van der Waals surface area contributed by atoms with Crippen molar-refractivity contribution in [1.29, 1.82) is 5.26 Å². The van der Waals surface area contributed by atoms with Gasteiger partial charge < -0.3 is 9.84 Å². The number of benzene rings is 1. The highest BCUT2D eigenvalue weighted by Gasteiger charge is 2.21. The van der Waals surface area contributed by atoms with E-state index in [4.69, 9.17) is 21.4 Å². The number of nitriles is 1. The molecule has 0 aliphatic rings. The zero-order chi connectivity index (χ0) is 15.9. The number of thioether (sulfide) groups is 1. The van der Waals surface area contributed by atoms with Gasteiger partial charge in [0, 0.05) is 11.9 Å². The van der Waals surface area contributed by atoms with Crippen molar-refractivity contribution in [1.82, 2.24) is 15.5 Å². The fourth-order valence-electron chi connectivity index (χ4n) is 1.78. The van der Waals surface area contributed by atoms with E-state index in [0.717, 1.165) is 5.56 Å². The normalized spacial score (nSPS) is 11.7. The first-order chi connectivity index (χ1) is 10.6. The van der Waals surface area contributed by atoms with E-state index in [0.29, 0.717) is 16.7 Å². The van der Waals surface area contributed by atoms with Crippen molar-refractivity contribution in [3.63, 3.8) is 0 Å². The van der Waals surface area contributed by atoms with Gasteiger partial charge in [-0.3, -0.25) is 4.79 Å². The van der Waals surface area contributed by atoms with Crippen LogP contribution in [0.2, 0.25) is 5.02 Å². The molecule has 0 saturated heterocycles. The summed E-state index contributed by atoms with van der Waals surface area (Å²) in [4.78, 5) is 16.2. The van der Waals surface area contributed by atoms with Crippen LogP contribution < -0.4 is 5.32 Å². The average molecular weight is 337 g/mol. The summed E-state index contributed by atoms with van der Waals surface area (Å²) < 4.78 is 4.98. The van der Waals surface area contributed by atoms with Crippen LogP contribution in [0.3, 0.4) is 0 Å². The highest BCUT2D eigenvalue weighted by molar-refractivity contribution is 8.00. The summed E-state index contributed by atoms with van der Waals surface area (Å²) in [6, 6.07) is 8.50. The average Bonchev–Trinajstić information content (AvgIpc) is 2.92. The molecule has 1 amide bonds. The molecule has 1 atom stereocenters. The second-order valence-electron chi connectivity index (χ2n) is 4.37. The monoisotopic (exact) mass is 336 g/mol. The maximum Gasteiger partial charge on any atom is 0.230 e. The van der Waals surface area contributed by atoms with Gasteiger partial charge >= 0.3 is 0 Å². The molecule has 1 N–H and O–H groups in total. The molecule has 0 spiro atoms. The third-order valence-electron chi connectivity index (χ3n) is 2.71. The van der Waals surface area contributed by atoms with Gasteiger partial charge in [0.15, 0.2) is 5.82 Å². The van der Waals surface area contributed by atoms with E-state index in [1.54, 1.807) is 31.2 Å². The molecule has 0 radical (unpaired) electrons. The van der Waals surface area contributed by atoms with Gasteiger partial charge in [-0.15, -0.1) is 11.8 Å². The molecule has 22 heavy (non-hydrogen) atoms. The van der Waals surface area contributed by atoms with E-state index in [1.807, 2.05) is 6.07 Å². The molecule has 0 unspecified atom stereocenters. The number of nitrogens with one attached hydrogen (secondary N) is 1. The Hall–Kier alpha value is -2.04. The van der Waals surface area contributed by atoms with E-state index in [-0.39, 0.29) is 17.4 Å². The Balaban J connectivity index is 2.17. The summed E-state index contributed by atoms with van der Waals surface area (Å²) >= 11 is 7.13. The summed E-state index contributed by atoms with van der Waals surface area (Å²) in [6.45, 7) is 1.68. The van der Waals surface area contributed by atoms with Crippen molar-refractivity contribution >= 4 is 29.3 Å². The number of hydrogen-bond acceptors (Lipinski definition) is 6. The summed E-state index contributed by atoms with van der Waals surface area (Å²) in [5, 5.41) is 15.8. The molecule has 0 fully saturated rings. The van der Waals surface area contributed by atoms with Gasteiger partial charge in [-0.05, 0) is 17.7 Å². The summed E-state index contributed by atoms with van der Waals surface area (Å²) in [7, 11) is 0. The van der Waals surface area contributed by atoms with Gasteiger partial charge in [-0.2, -0.15) is 10.2 Å². The Bertz CT molecular complexity index is 681. The lowest BCUT2D eigenvalue weighted by molar-refractivity contribution is -0.119. The summed E-state index contributed by atoms with van der Waals surface area (Å²) in [6.07, 6.45) is 0. The Labute approximate surface area is 136 Å². The third kappa shape index (κ3) is 4.48. The molecule has 2 rings (SSSR count). The molecule has 114 valence electrons. The number of rotatable bonds is 6. The number of carbonyl (C=O) groups is 1. The molecule has 0 bridgehead atoms. The minimum absolute atomic E-state index is 0.189. The van der Waals surface area contributed by atoms with Crippen LogP contribution in [0.5, 0.6) is 0 Å². The minimum atomic E-state index is -0.523. The first-order valence-corrected chi connectivity index (χ1v) is 7.93. The maximum absolute atomic E-state index is 12.0. The SMILES string of the molecule is Cc1nc([C@H](NC(=O)CSCC#N)c2ccc(Cl)cc2)no1. The summed E-state index contributed by atoms with van der Waals surface area (Å²) in [5.41, 5.74) is 0.795. The van der Waals surface area contributed by atoms with Crippen LogP contribution in [0.1, 0.15) is 23.3 Å². The second kappa shape index (κ2) is 7.82. The van der Waals surface area contributed by atoms with Gasteiger partial charge in [0.2, 0.25) is 11.8 Å². The number of nitrogens with zero attached hydrogens (tertiary/aromatic N) is 3. The molecule has 2 aromatic rings. The van der Waals surface area contributed by atoms with Crippen molar-refractivity contribution in [3.05, 3.63) is 46.6 Å². The van der Waals surface area contributed by atoms with E-state index >= 15 is 0 Å². The van der Waals surface area contributed by atoms with Crippen LogP contribution in [0.4, 0.5) is 0 Å². The van der Waals surface area contributed by atoms with Crippen molar-refractivity contribution in [3.8, 4) is 6.07 Å². The molecule has 0 aliphatic heterocycles. The largest absolute Gasteiger partial charge is 0.341 e. The highest BCUT2D eigenvalue weighted by atomic mass is 35.5. The number of amides is 1. The topological polar surface area (TPSA) is 91.8 Å². The Morgan fingerprint density at radius 3 is 2.82 bits per heavy atom. The van der Waals surface area contributed by atoms with Gasteiger partial charge in [0.1, 0.15) is 6.04 Å². The maximum atomic E-state index is 12.0. The van der Waals surface area contributed by atoms with Gasteiger partial charge in [0.25, 0.3) is 0 Å². The number of hydrogen-bond donors (Lipinski definition) is 1. The fraction of sp³-hybridized carbons (Fsp3) is 0.286. The standard InChI is InChI=1S/C14H13ClN4O2S/c1-9-17-14(19-21-9)13(10-2-4-11(15)5-3-10)18-12(20)8-22-7-6-16/h2-5,13H,7-8H2,1H3,(H,18,20)/t13-/m1/s1. The number of aromatic nitrogens is 2. The van der Waals surface area contributed by atoms with Crippen LogP contribution in [-0.4, -0.2) is 27.6 Å². The second-order valence-corrected chi connectivity index (χ2v) is 5.80. The zero-order valence-electron chi connectivity index (χ0n) is 11.7. The molecule has 1 aromatic carbocycles. The van der Waals surface area contributed by atoms with Crippen molar-refractivity contribution < 1.29 is 9.32 Å².